The summed E-state index contributed by atoms with van der Waals surface area (Å²) in [5, 5.41) is 0. The van der Waals surface area contributed by atoms with Crippen molar-refractivity contribution in [3.05, 3.63) is 46.5 Å². The van der Waals surface area contributed by atoms with Crippen molar-refractivity contribution in [3.63, 3.8) is 0 Å². The summed E-state index contributed by atoms with van der Waals surface area (Å²) in [5.41, 5.74) is 2.04. The van der Waals surface area contributed by atoms with Crippen molar-refractivity contribution in [2.45, 2.75) is 13.8 Å². The molecule has 0 fully saturated rings. The highest BCUT2D eigenvalue weighted by Gasteiger charge is 2.18. The first-order valence-electron chi connectivity index (χ1n) is 5.38. The summed E-state index contributed by atoms with van der Waals surface area (Å²) in [5.74, 6) is -0.266. The molecule has 0 atom stereocenters. The van der Waals surface area contributed by atoms with Gasteiger partial charge in [-0.05, 0) is 6.92 Å². The quantitative estimate of drug-likeness (QED) is 0.750. The zero-order valence-corrected chi connectivity index (χ0v) is 10.1. The molecule has 0 N–H and O–H groups in total. The van der Waals surface area contributed by atoms with Crippen LogP contribution in [0.4, 0.5) is 0 Å². The van der Waals surface area contributed by atoms with Gasteiger partial charge in [0.05, 0.1) is 5.69 Å². The van der Waals surface area contributed by atoms with E-state index in [1.807, 2.05) is 37.3 Å². The highest BCUT2D eigenvalue weighted by molar-refractivity contribution is 5.82. The van der Waals surface area contributed by atoms with Gasteiger partial charge in [-0.15, -0.1) is 0 Å². The number of aromatic nitrogens is 2. The number of carbonyl (C=O) groups excluding carboxylic acids is 1. The van der Waals surface area contributed by atoms with Crippen molar-refractivity contribution >= 4 is 5.91 Å². The first-order chi connectivity index (χ1) is 8.04. The number of imidazole rings is 1. The monoisotopic (exact) mass is 230 g/mol. The zero-order chi connectivity index (χ0) is 12.6. The van der Waals surface area contributed by atoms with E-state index in [4.69, 9.17) is 0 Å². The van der Waals surface area contributed by atoms with Gasteiger partial charge in [0, 0.05) is 25.2 Å². The molecule has 0 aliphatic carbocycles. The molecule has 0 radical (unpaired) electrons. The molecule has 0 aliphatic rings. The standard InChI is InChI=1S/C13H14N2O2/c1-9-12(11-7-5-4-6-8-11)15(10(2)16)13(17)14(9)3/h4-8H,1-3H3. The Labute approximate surface area is 99.1 Å². The van der Waals surface area contributed by atoms with Gasteiger partial charge >= 0.3 is 5.69 Å². The van der Waals surface area contributed by atoms with Gasteiger partial charge in [0.25, 0.3) is 0 Å². The molecule has 0 unspecified atom stereocenters. The minimum absolute atomic E-state index is 0.266. The Hall–Kier alpha value is -2.10. The van der Waals surface area contributed by atoms with E-state index in [1.54, 1.807) is 7.05 Å². The molecule has 1 aromatic heterocycles. The lowest BCUT2D eigenvalue weighted by atomic mass is 10.1. The Morgan fingerprint density at radius 3 is 2.29 bits per heavy atom. The molecule has 17 heavy (non-hydrogen) atoms. The summed E-state index contributed by atoms with van der Waals surface area (Å²) in [6.07, 6.45) is 0. The second-order valence-corrected chi connectivity index (χ2v) is 4.00. The minimum atomic E-state index is -0.297. The van der Waals surface area contributed by atoms with E-state index < -0.39 is 0 Å². The van der Waals surface area contributed by atoms with E-state index in [9.17, 15) is 9.59 Å². The molecule has 2 aromatic rings. The molecule has 0 saturated carbocycles. The lowest BCUT2D eigenvalue weighted by molar-refractivity contribution is 0.0934. The highest BCUT2D eigenvalue weighted by Crippen LogP contribution is 2.21. The van der Waals surface area contributed by atoms with Crippen LogP contribution in [-0.4, -0.2) is 15.0 Å². The van der Waals surface area contributed by atoms with Crippen LogP contribution in [0.1, 0.15) is 17.4 Å². The van der Waals surface area contributed by atoms with Gasteiger partial charge in [-0.2, -0.15) is 0 Å². The van der Waals surface area contributed by atoms with E-state index in [0.717, 1.165) is 11.3 Å². The summed E-state index contributed by atoms with van der Waals surface area (Å²) < 4.78 is 2.70. The Balaban J connectivity index is 2.82. The van der Waals surface area contributed by atoms with Crippen molar-refractivity contribution in [2.75, 3.05) is 0 Å². The fourth-order valence-electron chi connectivity index (χ4n) is 1.94. The fraction of sp³-hybridized carbons (Fsp3) is 0.231. The number of carbonyl (C=O) groups is 1. The molecular formula is C13H14N2O2. The third-order valence-electron chi connectivity index (χ3n) is 2.91. The van der Waals surface area contributed by atoms with E-state index in [0.29, 0.717) is 5.69 Å². The van der Waals surface area contributed by atoms with Gasteiger partial charge in [-0.1, -0.05) is 30.3 Å². The predicted octanol–water partition coefficient (Wildman–Crippen LogP) is 1.82. The largest absolute Gasteiger partial charge is 0.335 e. The van der Waals surface area contributed by atoms with Crippen LogP contribution in [0.15, 0.2) is 35.1 Å². The number of rotatable bonds is 1. The summed E-state index contributed by atoms with van der Waals surface area (Å²) in [7, 11) is 1.67. The van der Waals surface area contributed by atoms with Crippen molar-refractivity contribution in [3.8, 4) is 11.3 Å². The topological polar surface area (TPSA) is 44.0 Å². The fourth-order valence-corrected chi connectivity index (χ4v) is 1.94. The predicted molar refractivity (Wildman–Crippen MR) is 66.1 cm³/mol. The zero-order valence-electron chi connectivity index (χ0n) is 10.1. The average molecular weight is 230 g/mol. The van der Waals surface area contributed by atoms with Gasteiger partial charge in [0.15, 0.2) is 0 Å². The van der Waals surface area contributed by atoms with Crippen molar-refractivity contribution in [1.29, 1.82) is 0 Å². The summed E-state index contributed by atoms with van der Waals surface area (Å²) in [6.45, 7) is 3.23. The Kier molecular flexibility index (Phi) is 2.71. The molecule has 0 amide bonds. The van der Waals surface area contributed by atoms with Crippen LogP contribution in [0, 0.1) is 6.92 Å². The molecule has 0 saturated heterocycles. The molecule has 1 aromatic carbocycles. The molecular weight excluding hydrogens is 216 g/mol. The maximum Gasteiger partial charge on any atom is 0.335 e. The van der Waals surface area contributed by atoms with Crippen molar-refractivity contribution in [2.24, 2.45) is 7.05 Å². The van der Waals surface area contributed by atoms with Gasteiger partial charge < -0.3 is 0 Å². The van der Waals surface area contributed by atoms with Crippen LogP contribution < -0.4 is 5.69 Å². The smallest absolute Gasteiger partial charge is 0.299 e. The summed E-state index contributed by atoms with van der Waals surface area (Å²) >= 11 is 0. The van der Waals surface area contributed by atoms with Crippen molar-refractivity contribution < 1.29 is 4.79 Å². The normalized spacial score (nSPS) is 10.5. The van der Waals surface area contributed by atoms with Crippen LogP contribution in [0.2, 0.25) is 0 Å². The second-order valence-electron chi connectivity index (χ2n) is 4.00. The summed E-state index contributed by atoms with van der Waals surface area (Å²) in [6, 6.07) is 9.45. The molecule has 4 heteroatoms. The maximum atomic E-state index is 11.9. The van der Waals surface area contributed by atoms with E-state index >= 15 is 0 Å². The first kappa shape index (κ1) is 11.4. The number of nitrogens with zero attached hydrogens (tertiary/aromatic N) is 2. The van der Waals surface area contributed by atoms with Crippen molar-refractivity contribution in [1.82, 2.24) is 9.13 Å². The van der Waals surface area contributed by atoms with Crippen LogP contribution in [0.5, 0.6) is 0 Å². The lowest BCUT2D eigenvalue weighted by Gasteiger charge is -2.04. The third-order valence-corrected chi connectivity index (χ3v) is 2.91. The average Bonchev–Trinajstić information content (AvgIpc) is 2.55. The molecule has 0 bridgehead atoms. The Morgan fingerprint density at radius 1 is 1.18 bits per heavy atom. The molecule has 0 spiro atoms. The summed E-state index contributed by atoms with van der Waals surface area (Å²) in [4.78, 5) is 23.5. The van der Waals surface area contributed by atoms with Gasteiger partial charge in [0.2, 0.25) is 5.91 Å². The first-order valence-corrected chi connectivity index (χ1v) is 5.38. The maximum absolute atomic E-state index is 11.9. The third kappa shape index (κ3) is 1.71. The molecule has 4 nitrogen and oxygen atoms in total. The van der Waals surface area contributed by atoms with E-state index in [1.165, 1.54) is 16.1 Å². The van der Waals surface area contributed by atoms with Gasteiger partial charge in [-0.3, -0.25) is 9.36 Å². The van der Waals surface area contributed by atoms with E-state index in [2.05, 4.69) is 0 Å². The Bertz CT molecular complexity index is 621. The van der Waals surface area contributed by atoms with Crippen LogP contribution >= 0.6 is 0 Å². The molecule has 88 valence electrons. The number of hydrogen-bond acceptors (Lipinski definition) is 2. The Morgan fingerprint density at radius 2 is 1.76 bits per heavy atom. The van der Waals surface area contributed by atoms with Gasteiger partial charge in [0.1, 0.15) is 0 Å². The van der Waals surface area contributed by atoms with Crippen LogP contribution in [0.25, 0.3) is 11.3 Å². The molecule has 2 rings (SSSR count). The van der Waals surface area contributed by atoms with Gasteiger partial charge in [-0.25, -0.2) is 9.36 Å². The van der Waals surface area contributed by atoms with E-state index in [-0.39, 0.29) is 11.6 Å². The van der Waals surface area contributed by atoms with Crippen LogP contribution in [0.3, 0.4) is 0 Å². The SMILES string of the molecule is CC(=O)n1c(-c2ccccc2)c(C)n(C)c1=O. The minimum Gasteiger partial charge on any atom is -0.299 e. The number of benzene rings is 1. The number of hydrogen-bond donors (Lipinski definition) is 0. The highest BCUT2D eigenvalue weighted by atomic mass is 16.2. The second kappa shape index (κ2) is 4.05. The molecule has 1 heterocycles. The molecule has 0 aliphatic heterocycles. The lowest BCUT2D eigenvalue weighted by Crippen LogP contribution is -2.26. The van der Waals surface area contributed by atoms with Crippen LogP contribution in [-0.2, 0) is 7.05 Å².